The predicted molar refractivity (Wildman–Crippen MR) is 356 cm³/mol. The highest BCUT2D eigenvalue weighted by Crippen LogP contribution is 2.23. The fraction of sp³-hybridized carbons (Fsp3) is 0.594. The summed E-state index contributed by atoms with van der Waals surface area (Å²) in [5.74, 6) is -23.0. The van der Waals surface area contributed by atoms with E-state index >= 15 is 0 Å². The third kappa shape index (κ3) is 27.7. The minimum absolute atomic E-state index is 0.0336. The number of carbonyl (C=O) groups is 18. The Bertz CT molecular complexity index is 3400. The van der Waals surface area contributed by atoms with Gasteiger partial charge < -0.3 is 105 Å². The number of nitrogens with one attached hydrogen (secondary N) is 14. The molecule has 15 amide bonds. The molecule has 2 aromatic rings. The van der Waals surface area contributed by atoms with Crippen molar-refractivity contribution in [2.24, 2.45) is 11.7 Å². The molecule has 38 nitrogen and oxygen atoms in total. The third-order valence-corrected chi connectivity index (χ3v) is 16.7. The molecule has 0 bridgehead atoms. The zero-order valence-corrected chi connectivity index (χ0v) is 57.3. The van der Waals surface area contributed by atoms with Crippen LogP contribution in [0.1, 0.15) is 136 Å². The summed E-state index contributed by atoms with van der Waals surface area (Å²) in [5, 5.41) is 69.7. The first kappa shape index (κ1) is 83.6. The summed E-state index contributed by atoms with van der Waals surface area (Å²) in [7, 11) is 0. The first-order chi connectivity index (χ1) is 48.2. The molecule has 2 saturated heterocycles. The van der Waals surface area contributed by atoms with Gasteiger partial charge in [-0.3, -0.25) is 86.3 Å². The number of unbranched alkanes of at least 4 members (excludes halogenated alkanes) is 6. The molecule has 1 aromatic carbocycles. The van der Waals surface area contributed by atoms with Gasteiger partial charge in [-0.1, -0.05) is 83.9 Å². The van der Waals surface area contributed by atoms with Gasteiger partial charge in [-0.05, 0) is 50.7 Å². The summed E-state index contributed by atoms with van der Waals surface area (Å²) < 4.78 is 0. The molecule has 12 atom stereocenters. The summed E-state index contributed by atoms with van der Waals surface area (Å²) in [4.78, 5) is 246. The highest BCUT2D eigenvalue weighted by atomic mass is 16.4. The molecule has 562 valence electrons. The van der Waals surface area contributed by atoms with E-state index in [9.17, 15) is 107 Å². The molecule has 20 N–H and O–H groups in total. The predicted octanol–water partition coefficient (Wildman–Crippen LogP) is -5.57. The number of carboxylic acids is 3. The number of aliphatic hydroxyl groups is 1. The zero-order chi connectivity index (χ0) is 75.9. The second kappa shape index (κ2) is 41.7. The van der Waals surface area contributed by atoms with Gasteiger partial charge in [0.25, 0.3) is 0 Å². The van der Waals surface area contributed by atoms with E-state index in [0.717, 1.165) is 57.3 Å². The number of primary amides is 1. The molecular weight excluding hydrogens is 1340 g/mol. The Morgan fingerprint density at radius 1 is 0.598 bits per heavy atom. The molecule has 0 saturated carbocycles. The van der Waals surface area contributed by atoms with Crippen LogP contribution in [0, 0.1) is 5.92 Å². The average Bonchev–Trinajstić information content (AvgIpc) is 1.62. The number of hydrogen-bond acceptors (Lipinski definition) is 19. The van der Waals surface area contributed by atoms with Crippen LogP contribution in [-0.4, -0.2) is 236 Å². The number of aromatic amines is 1. The lowest BCUT2D eigenvalue weighted by Crippen LogP contribution is -2.62. The molecule has 0 spiro atoms. The van der Waals surface area contributed by atoms with Crippen molar-refractivity contribution >= 4 is 117 Å². The number of carbonyl (C=O) groups excluding carboxylic acids is 15. The number of aromatic nitrogens is 1. The van der Waals surface area contributed by atoms with Gasteiger partial charge in [0.1, 0.15) is 60.4 Å². The first-order valence-electron chi connectivity index (χ1n) is 33.5. The molecule has 0 unspecified atom stereocenters. The molecule has 2 fully saturated rings. The average molecular weight is 1440 g/mol. The van der Waals surface area contributed by atoms with Crippen LogP contribution in [0.2, 0.25) is 0 Å². The summed E-state index contributed by atoms with van der Waals surface area (Å²) in [6.45, 7) is 3.27. The number of aliphatic carboxylic acids is 3. The maximum atomic E-state index is 14.6. The molecule has 1 aromatic heterocycles. The molecule has 0 aliphatic carbocycles. The molecule has 4 rings (SSSR count). The summed E-state index contributed by atoms with van der Waals surface area (Å²) >= 11 is 0. The lowest BCUT2D eigenvalue weighted by molar-refractivity contribution is -0.143. The lowest BCUT2D eigenvalue weighted by atomic mass is 9.96. The van der Waals surface area contributed by atoms with Crippen LogP contribution < -0.4 is 74.9 Å². The molecule has 2 aliphatic heterocycles. The van der Waals surface area contributed by atoms with Crippen LogP contribution in [-0.2, 0) is 92.7 Å². The van der Waals surface area contributed by atoms with Crippen molar-refractivity contribution in [3.05, 3.63) is 36.0 Å². The van der Waals surface area contributed by atoms with Crippen LogP contribution in [0.3, 0.4) is 0 Å². The minimum Gasteiger partial charge on any atom is -0.481 e. The summed E-state index contributed by atoms with van der Waals surface area (Å²) in [6.07, 6.45) is 1.94. The van der Waals surface area contributed by atoms with Crippen LogP contribution in [0.4, 0.5) is 0 Å². The molecule has 3 heterocycles. The number of rotatable bonds is 28. The monoisotopic (exact) mass is 1440 g/mol. The van der Waals surface area contributed by atoms with Crippen LogP contribution >= 0.6 is 0 Å². The van der Waals surface area contributed by atoms with E-state index in [1.807, 2.05) is 5.32 Å². The molecule has 102 heavy (non-hydrogen) atoms. The fourth-order valence-electron chi connectivity index (χ4n) is 10.9. The Kier molecular flexibility index (Phi) is 34.2. The molecule has 38 heteroatoms. The van der Waals surface area contributed by atoms with Gasteiger partial charge in [0.15, 0.2) is 0 Å². The number of carboxylic acid groups (broad SMARTS) is 3. The molecule has 0 radical (unpaired) electrons. The number of hydrogen-bond donors (Lipinski definition) is 19. The smallest absolute Gasteiger partial charge is 0.305 e. The number of aliphatic hydroxyl groups excluding tert-OH is 1. The van der Waals surface area contributed by atoms with Crippen LogP contribution in [0.25, 0.3) is 10.9 Å². The number of benzene rings is 1. The topological polar surface area (TPSA) is 590 Å². The number of nitrogens with two attached hydrogens (primary N) is 1. The number of para-hydroxylation sites is 1. The van der Waals surface area contributed by atoms with Crippen molar-refractivity contribution in [1.29, 1.82) is 0 Å². The Morgan fingerprint density at radius 2 is 1.19 bits per heavy atom. The summed E-state index contributed by atoms with van der Waals surface area (Å²) in [5.41, 5.74) is 6.80. The van der Waals surface area contributed by atoms with Gasteiger partial charge >= 0.3 is 17.9 Å². The van der Waals surface area contributed by atoms with Crippen molar-refractivity contribution in [3.63, 3.8) is 0 Å². The number of amides is 15. The fourth-order valence-corrected chi connectivity index (χ4v) is 10.9. The van der Waals surface area contributed by atoms with Crippen molar-refractivity contribution in [2.45, 2.75) is 204 Å². The van der Waals surface area contributed by atoms with E-state index in [2.05, 4.69) is 75.7 Å². The van der Waals surface area contributed by atoms with Crippen molar-refractivity contribution < 1.29 is 107 Å². The van der Waals surface area contributed by atoms with E-state index in [1.54, 1.807) is 44.3 Å². The Labute approximate surface area is 585 Å². The second-order valence-corrected chi connectivity index (χ2v) is 24.9. The standard InChI is InChI=1S/C64H94N16O22/c1-6-8-9-10-11-12-13-20-46(83)72-38(22-35-27-66-37-18-15-14-17-36(35)37)59(97)75-39(23-45(65)82)60(98)76-42(26-52(91)92)61(99)77-43-28-68-62(100)44-19-16-21-80(44)64(102)53(32(3)7-2)79-63(101)54(34(5)81)78-49(86)31-70-56(94)40(24-50(87)88)74-55(93)33(4)71-58(96)41(25-51(89)90)73-48(85)30-67-47(84)29-69-57(43)95/h14-15,17-18,27,32-34,38-44,53-54,66,81H,6-13,16,19-26,28-31H2,1-5H3,(H2,65,82)(H,67,84)(H,68,100)(H,69,95)(H,70,94)(H,71,96)(H,72,83)(H,73,85)(H,74,93)(H,75,97)(H,76,98)(H,77,99)(H,78,86)(H,79,101)(H,87,88)(H,89,90)(H,91,92)/t32-,33+,34+,38-,39+,40-,41-,42-,43-,44+,53-,54+/m0/s1. The highest BCUT2D eigenvalue weighted by Gasteiger charge is 2.42. The number of nitrogens with zero attached hydrogens (tertiary/aromatic N) is 1. The minimum atomic E-state index is -2.19. The van der Waals surface area contributed by atoms with Gasteiger partial charge in [0, 0.05) is 43.0 Å². The first-order valence-corrected chi connectivity index (χ1v) is 33.5. The number of fused-ring (bicyclic) bond motifs is 2. The van der Waals surface area contributed by atoms with E-state index < -0.39 is 231 Å². The van der Waals surface area contributed by atoms with Gasteiger partial charge in [0.2, 0.25) is 88.6 Å². The van der Waals surface area contributed by atoms with Crippen LogP contribution in [0.15, 0.2) is 30.5 Å². The van der Waals surface area contributed by atoms with Gasteiger partial charge in [-0.2, -0.15) is 0 Å². The molecular formula is C64H94N16O22. The normalized spacial score (nSPS) is 22.0. The number of H-pyrrole nitrogens is 1. The lowest BCUT2D eigenvalue weighted by Gasteiger charge is -2.33. The Balaban J connectivity index is 1.69. The zero-order valence-electron chi connectivity index (χ0n) is 57.3. The Hall–Kier alpha value is -10.8. The van der Waals surface area contributed by atoms with Crippen LogP contribution in [0.5, 0.6) is 0 Å². The largest absolute Gasteiger partial charge is 0.481 e. The third-order valence-electron chi connectivity index (χ3n) is 16.7. The SMILES string of the molecule is CCCCCCCCCC(=O)N[C@@H](Cc1c[nH]c2ccccc12)C(=O)N[C@H](CC(N)=O)C(=O)N[C@@H](CC(=O)O)C(=O)N[C@H]1CNC(=O)[C@H]2CCCN2C(=O)[C@H]([C@@H](C)CC)NC(=O)[C@@H]([C@@H](C)O)NC(=O)CNC(=O)[C@H](CC(=O)O)NC(=O)[C@@H](C)NC(=O)[C@H](CC(=O)O)NC(=O)CNC(=O)CNC1=O. The van der Waals surface area contributed by atoms with Gasteiger partial charge in [-0.15, -0.1) is 0 Å². The van der Waals surface area contributed by atoms with E-state index in [0.29, 0.717) is 22.9 Å². The van der Waals surface area contributed by atoms with Crippen molar-refractivity contribution in [3.8, 4) is 0 Å². The quantitative estimate of drug-likeness (QED) is 0.0353. The maximum absolute atomic E-state index is 14.6. The van der Waals surface area contributed by atoms with Gasteiger partial charge in [-0.25, -0.2) is 0 Å². The maximum Gasteiger partial charge on any atom is 0.305 e. The second-order valence-electron chi connectivity index (χ2n) is 24.9. The highest BCUT2D eigenvalue weighted by molar-refractivity contribution is 6.02. The van der Waals surface area contributed by atoms with E-state index in [-0.39, 0.29) is 38.6 Å². The summed E-state index contributed by atoms with van der Waals surface area (Å²) in [6, 6.07) is -10.9. The van der Waals surface area contributed by atoms with Gasteiger partial charge in [0.05, 0.1) is 51.4 Å². The van der Waals surface area contributed by atoms with E-state index in [1.165, 1.54) is 0 Å². The van der Waals surface area contributed by atoms with Crippen molar-refractivity contribution in [2.75, 3.05) is 32.7 Å². The Morgan fingerprint density at radius 3 is 1.81 bits per heavy atom. The van der Waals surface area contributed by atoms with E-state index in [4.69, 9.17) is 5.73 Å². The molecule has 2 aliphatic rings. The van der Waals surface area contributed by atoms with Crippen molar-refractivity contribution in [1.82, 2.24) is 79.0 Å².